The number of hydrogen-bond donors (Lipinski definition) is 1. The third-order valence-corrected chi connectivity index (χ3v) is 5.30. The maximum Gasteiger partial charge on any atom is 0.257 e. The van der Waals surface area contributed by atoms with Crippen molar-refractivity contribution in [1.82, 2.24) is 15.0 Å². The van der Waals surface area contributed by atoms with Gasteiger partial charge in [-0.25, -0.2) is 4.98 Å². The summed E-state index contributed by atoms with van der Waals surface area (Å²) < 4.78 is 5.17. The van der Waals surface area contributed by atoms with Crippen LogP contribution in [0.25, 0.3) is 0 Å². The summed E-state index contributed by atoms with van der Waals surface area (Å²) in [5.41, 5.74) is 2.59. The van der Waals surface area contributed by atoms with Crippen LogP contribution >= 0.6 is 11.3 Å². The molecule has 1 amide bonds. The molecule has 134 valence electrons. The van der Waals surface area contributed by atoms with Crippen molar-refractivity contribution < 1.29 is 9.32 Å². The number of nitrogens with zero attached hydrogens (tertiary/aromatic N) is 3. The van der Waals surface area contributed by atoms with Gasteiger partial charge in [0.2, 0.25) is 0 Å². The fraction of sp³-hybridized carbons (Fsp3) is 0.316. The van der Waals surface area contributed by atoms with Crippen molar-refractivity contribution in [1.29, 1.82) is 0 Å². The number of thiazole rings is 1. The van der Waals surface area contributed by atoms with E-state index in [4.69, 9.17) is 4.52 Å². The van der Waals surface area contributed by atoms with Crippen LogP contribution in [0.1, 0.15) is 46.4 Å². The quantitative estimate of drug-likeness (QED) is 0.736. The van der Waals surface area contributed by atoms with Gasteiger partial charge < -0.3 is 4.52 Å². The average molecular weight is 368 g/mol. The molecule has 1 aliphatic rings. The summed E-state index contributed by atoms with van der Waals surface area (Å²) in [4.78, 5) is 19.3. The maximum absolute atomic E-state index is 12.3. The van der Waals surface area contributed by atoms with Gasteiger partial charge in [-0.15, -0.1) is 11.3 Å². The first-order valence-electron chi connectivity index (χ1n) is 8.67. The van der Waals surface area contributed by atoms with Gasteiger partial charge in [-0.05, 0) is 38.4 Å². The first kappa shape index (κ1) is 16.9. The van der Waals surface area contributed by atoms with E-state index in [1.165, 1.54) is 11.3 Å². The number of hydrogen-bond acceptors (Lipinski definition) is 6. The number of aryl methyl sites for hydroxylation is 1. The van der Waals surface area contributed by atoms with Gasteiger partial charge in [0.15, 0.2) is 5.13 Å². The fourth-order valence-corrected chi connectivity index (χ4v) is 4.06. The van der Waals surface area contributed by atoms with Crippen LogP contribution < -0.4 is 5.32 Å². The lowest BCUT2D eigenvalue weighted by molar-refractivity contribution is 0.102. The Kier molecular flexibility index (Phi) is 4.81. The Bertz CT molecular complexity index is 890. The molecule has 7 heteroatoms. The zero-order chi connectivity index (χ0) is 17.9. The van der Waals surface area contributed by atoms with Crippen LogP contribution in [-0.2, 0) is 6.54 Å². The third kappa shape index (κ3) is 3.68. The van der Waals surface area contributed by atoms with E-state index in [1.54, 1.807) is 12.1 Å². The fourth-order valence-electron chi connectivity index (χ4n) is 3.31. The van der Waals surface area contributed by atoms with Crippen LogP contribution in [0.2, 0.25) is 0 Å². The number of benzene rings is 1. The molecule has 3 aromatic rings. The van der Waals surface area contributed by atoms with Crippen molar-refractivity contribution >= 4 is 22.4 Å². The van der Waals surface area contributed by atoms with Gasteiger partial charge in [0, 0.05) is 23.6 Å². The van der Waals surface area contributed by atoms with E-state index in [0.29, 0.717) is 10.7 Å². The van der Waals surface area contributed by atoms with Crippen LogP contribution in [0.3, 0.4) is 0 Å². The molecule has 0 radical (unpaired) electrons. The number of carbonyl (C=O) groups excluding carboxylic acids is 1. The highest BCUT2D eigenvalue weighted by Gasteiger charge is 2.28. The summed E-state index contributed by atoms with van der Waals surface area (Å²) in [5.74, 6) is 0.697. The molecule has 2 aromatic heterocycles. The zero-order valence-corrected chi connectivity index (χ0v) is 15.3. The maximum atomic E-state index is 12.3. The Morgan fingerprint density at radius 1 is 1.38 bits per heavy atom. The number of rotatable bonds is 5. The Labute approximate surface area is 155 Å². The molecule has 1 aromatic carbocycles. The first-order chi connectivity index (χ1) is 12.7. The number of anilines is 1. The number of aromatic nitrogens is 2. The molecule has 0 aliphatic carbocycles. The lowest BCUT2D eigenvalue weighted by Gasteiger charge is -2.21. The molecule has 0 spiro atoms. The van der Waals surface area contributed by atoms with Crippen LogP contribution in [0.5, 0.6) is 0 Å². The van der Waals surface area contributed by atoms with Crippen molar-refractivity contribution in [2.45, 2.75) is 32.4 Å². The number of amides is 1. The van der Waals surface area contributed by atoms with Crippen molar-refractivity contribution in [3.8, 4) is 0 Å². The van der Waals surface area contributed by atoms with Crippen molar-refractivity contribution in [2.75, 3.05) is 11.9 Å². The smallest absolute Gasteiger partial charge is 0.257 e. The molecule has 0 bridgehead atoms. The number of likely N-dealkylation sites (tertiary alicyclic amines) is 1. The molecule has 1 saturated heterocycles. The summed E-state index contributed by atoms with van der Waals surface area (Å²) in [7, 11) is 0. The van der Waals surface area contributed by atoms with E-state index in [9.17, 15) is 4.79 Å². The second-order valence-corrected chi connectivity index (χ2v) is 7.31. The summed E-state index contributed by atoms with van der Waals surface area (Å²) in [6.45, 7) is 3.67. The van der Waals surface area contributed by atoms with Gasteiger partial charge in [-0.2, -0.15) is 0 Å². The van der Waals surface area contributed by atoms with Crippen LogP contribution in [0.15, 0.2) is 46.3 Å². The summed E-state index contributed by atoms with van der Waals surface area (Å²) in [6, 6.07) is 11.4. The third-order valence-electron chi connectivity index (χ3n) is 4.53. The minimum absolute atomic E-state index is 0.132. The van der Waals surface area contributed by atoms with E-state index >= 15 is 0 Å². The van der Waals surface area contributed by atoms with Crippen LogP contribution in [-0.4, -0.2) is 27.5 Å². The summed E-state index contributed by atoms with van der Waals surface area (Å²) in [5, 5.41) is 9.66. The highest BCUT2D eigenvalue weighted by Crippen LogP contribution is 2.34. The van der Waals surface area contributed by atoms with E-state index in [-0.39, 0.29) is 11.9 Å². The van der Waals surface area contributed by atoms with Gasteiger partial charge in [0.1, 0.15) is 5.76 Å². The molecule has 6 nitrogen and oxygen atoms in total. The molecule has 3 heterocycles. The summed E-state index contributed by atoms with van der Waals surface area (Å²) >= 11 is 1.47. The van der Waals surface area contributed by atoms with E-state index in [1.807, 2.05) is 36.6 Å². The van der Waals surface area contributed by atoms with Crippen molar-refractivity contribution in [2.24, 2.45) is 0 Å². The van der Waals surface area contributed by atoms with Crippen molar-refractivity contribution in [3.63, 3.8) is 0 Å². The predicted octanol–water partition coefficient (Wildman–Crippen LogP) is 4.03. The molecular weight excluding hydrogens is 348 g/mol. The standard InChI is InChI=1S/C19H20N4O2S/c1-13-10-15(22-25-13)11-23-9-5-8-17(23)16-12-26-19(20-16)21-18(24)14-6-3-2-4-7-14/h2-4,6-7,10,12,17H,5,8-9,11H2,1H3,(H,20,21,24). The zero-order valence-electron chi connectivity index (χ0n) is 14.5. The Morgan fingerprint density at radius 3 is 3.00 bits per heavy atom. The minimum Gasteiger partial charge on any atom is -0.361 e. The topological polar surface area (TPSA) is 71.3 Å². The van der Waals surface area contributed by atoms with Crippen molar-refractivity contribution in [3.05, 3.63) is 64.5 Å². The largest absolute Gasteiger partial charge is 0.361 e. The van der Waals surface area contributed by atoms with E-state index < -0.39 is 0 Å². The number of nitrogens with one attached hydrogen (secondary N) is 1. The van der Waals surface area contributed by atoms with Crippen LogP contribution in [0.4, 0.5) is 5.13 Å². The van der Waals surface area contributed by atoms with E-state index in [0.717, 1.165) is 43.1 Å². The van der Waals surface area contributed by atoms with Gasteiger partial charge in [0.25, 0.3) is 5.91 Å². The van der Waals surface area contributed by atoms with Gasteiger partial charge >= 0.3 is 0 Å². The second kappa shape index (κ2) is 7.39. The molecule has 26 heavy (non-hydrogen) atoms. The Morgan fingerprint density at radius 2 is 2.23 bits per heavy atom. The molecule has 1 unspecified atom stereocenters. The van der Waals surface area contributed by atoms with Gasteiger partial charge in [-0.1, -0.05) is 23.4 Å². The van der Waals surface area contributed by atoms with Crippen LogP contribution in [0, 0.1) is 6.92 Å². The van der Waals surface area contributed by atoms with Gasteiger partial charge in [0.05, 0.1) is 17.4 Å². The number of carbonyl (C=O) groups is 1. The monoisotopic (exact) mass is 368 g/mol. The second-order valence-electron chi connectivity index (χ2n) is 6.46. The predicted molar refractivity (Wildman–Crippen MR) is 100 cm³/mol. The van der Waals surface area contributed by atoms with E-state index in [2.05, 4.69) is 20.4 Å². The highest BCUT2D eigenvalue weighted by molar-refractivity contribution is 7.14. The highest BCUT2D eigenvalue weighted by atomic mass is 32.1. The molecule has 1 N–H and O–H groups in total. The lowest BCUT2D eigenvalue weighted by atomic mass is 10.1. The molecule has 1 aliphatic heterocycles. The Balaban J connectivity index is 1.44. The molecule has 0 saturated carbocycles. The molecule has 1 atom stereocenters. The van der Waals surface area contributed by atoms with Gasteiger partial charge in [-0.3, -0.25) is 15.0 Å². The SMILES string of the molecule is Cc1cc(CN2CCCC2c2csc(NC(=O)c3ccccc3)n2)no1. The average Bonchev–Trinajstić information content (AvgIpc) is 3.38. The molecular formula is C19H20N4O2S. The molecule has 1 fully saturated rings. The summed E-state index contributed by atoms with van der Waals surface area (Å²) in [6.07, 6.45) is 2.19. The normalized spacial score (nSPS) is 17.5. The Hall–Kier alpha value is -2.51. The molecule has 4 rings (SSSR count). The first-order valence-corrected chi connectivity index (χ1v) is 9.55. The minimum atomic E-state index is -0.132. The lowest BCUT2D eigenvalue weighted by Crippen LogP contribution is -2.23.